The molecule has 0 radical (unpaired) electrons. The molecule has 1 saturated heterocycles. The van der Waals surface area contributed by atoms with Crippen molar-refractivity contribution in [1.82, 2.24) is 5.01 Å². The van der Waals surface area contributed by atoms with E-state index in [0.29, 0.717) is 0 Å². The lowest BCUT2D eigenvalue weighted by Crippen LogP contribution is -2.23. The van der Waals surface area contributed by atoms with E-state index in [1.54, 1.807) is 6.92 Å². The topological polar surface area (TPSA) is 68.2 Å². The standard InChI is InChI=1S/C13H14N2O4/c1-2-18-12(16)8-14-15-11(9-19-13(15)17)10-6-4-3-5-7-10/h3-8,11H,2,9H2,1H3/b14-8+/t11-/m1/s1. The minimum absolute atomic E-state index is 0.211. The molecule has 0 N–H and O–H groups in total. The highest BCUT2D eigenvalue weighted by Gasteiger charge is 2.34. The Bertz CT molecular complexity index is 487. The van der Waals surface area contributed by atoms with Gasteiger partial charge in [-0.1, -0.05) is 30.3 Å². The van der Waals surface area contributed by atoms with Crippen LogP contribution in [0, 0.1) is 0 Å². The van der Waals surface area contributed by atoms with Crippen LogP contribution in [0.3, 0.4) is 0 Å². The zero-order valence-corrected chi connectivity index (χ0v) is 10.5. The lowest BCUT2D eigenvalue weighted by Gasteiger charge is -2.15. The van der Waals surface area contributed by atoms with E-state index >= 15 is 0 Å². The molecule has 6 heteroatoms. The Morgan fingerprint density at radius 2 is 2.26 bits per heavy atom. The average Bonchev–Trinajstić information content (AvgIpc) is 2.79. The number of carbonyl (C=O) groups is 2. The fraction of sp³-hybridized carbons (Fsp3) is 0.308. The highest BCUT2D eigenvalue weighted by atomic mass is 16.6. The summed E-state index contributed by atoms with van der Waals surface area (Å²) >= 11 is 0. The number of nitrogens with zero attached hydrogens (tertiary/aromatic N) is 2. The van der Waals surface area contributed by atoms with Crippen LogP contribution in [0.15, 0.2) is 35.4 Å². The number of hydrogen-bond donors (Lipinski definition) is 0. The maximum Gasteiger partial charge on any atom is 0.431 e. The highest BCUT2D eigenvalue weighted by Crippen LogP contribution is 2.27. The average molecular weight is 262 g/mol. The van der Waals surface area contributed by atoms with Crippen molar-refractivity contribution in [2.24, 2.45) is 5.10 Å². The predicted octanol–water partition coefficient (Wildman–Crippen LogP) is 1.73. The molecular formula is C13H14N2O4. The molecule has 1 aliphatic heterocycles. The monoisotopic (exact) mass is 262 g/mol. The number of amides is 1. The summed E-state index contributed by atoms with van der Waals surface area (Å²) in [5, 5.41) is 4.98. The van der Waals surface area contributed by atoms with Crippen LogP contribution in [-0.2, 0) is 14.3 Å². The third kappa shape index (κ3) is 3.09. The van der Waals surface area contributed by atoms with Gasteiger partial charge in [0.05, 0.1) is 6.61 Å². The number of esters is 1. The van der Waals surface area contributed by atoms with Gasteiger partial charge in [-0.05, 0) is 12.5 Å². The van der Waals surface area contributed by atoms with Gasteiger partial charge in [-0.15, -0.1) is 0 Å². The molecule has 0 spiro atoms. The second kappa shape index (κ2) is 5.99. The Kier molecular flexibility index (Phi) is 4.12. The molecule has 0 saturated carbocycles. The van der Waals surface area contributed by atoms with Gasteiger partial charge >= 0.3 is 12.1 Å². The molecule has 0 aliphatic carbocycles. The number of carbonyl (C=O) groups excluding carboxylic acids is 2. The Labute approximate surface area is 110 Å². The van der Waals surface area contributed by atoms with E-state index in [1.807, 2.05) is 30.3 Å². The van der Waals surface area contributed by atoms with Gasteiger partial charge in [0.1, 0.15) is 18.9 Å². The molecule has 19 heavy (non-hydrogen) atoms. The third-order valence-corrected chi connectivity index (χ3v) is 2.61. The van der Waals surface area contributed by atoms with Crippen molar-refractivity contribution in [1.29, 1.82) is 0 Å². The van der Waals surface area contributed by atoms with Gasteiger partial charge in [-0.3, -0.25) is 0 Å². The Morgan fingerprint density at radius 3 is 2.95 bits per heavy atom. The van der Waals surface area contributed by atoms with Crippen LogP contribution >= 0.6 is 0 Å². The van der Waals surface area contributed by atoms with Gasteiger partial charge in [0.25, 0.3) is 0 Å². The van der Waals surface area contributed by atoms with Crippen LogP contribution in [-0.4, -0.2) is 36.5 Å². The number of cyclic esters (lactones) is 1. The molecule has 1 fully saturated rings. The van der Waals surface area contributed by atoms with E-state index in [2.05, 4.69) is 5.10 Å². The van der Waals surface area contributed by atoms with E-state index in [9.17, 15) is 9.59 Å². The van der Waals surface area contributed by atoms with Crippen molar-refractivity contribution in [3.63, 3.8) is 0 Å². The van der Waals surface area contributed by atoms with Crippen molar-refractivity contribution in [3.05, 3.63) is 35.9 Å². The quantitative estimate of drug-likeness (QED) is 0.612. The minimum Gasteiger partial charge on any atom is -0.462 e. The minimum atomic E-state index is -0.589. The Balaban J connectivity index is 2.12. The molecule has 100 valence electrons. The molecule has 0 unspecified atom stereocenters. The molecule has 2 rings (SSSR count). The number of hydrazone groups is 1. The number of benzene rings is 1. The maximum atomic E-state index is 11.6. The summed E-state index contributed by atoms with van der Waals surface area (Å²) in [5.74, 6) is -0.589. The van der Waals surface area contributed by atoms with Crippen LogP contribution in [0.4, 0.5) is 4.79 Å². The van der Waals surface area contributed by atoms with Crippen molar-refractivity contribution in [2.45, 2.75) is 13.0 Å². The summed E-state index contributed by atoms with van der Waals surface area (Å²) in [7, 11) is 0. The number of ether oxygens (including phenoxy) is 2. The van der Waals surface area contributed by atoms with Crippen molar-refractivity contribution in [3.8, 4) is 0 Å². The molecule has 1 atom stereocenters. The first-order chi connectivity index (χ1) is 9.22. The van der Waals surface area contributed by atoms with Crippen LogP contribution in [0.5, 0.6) is 0 Å². The fourth-order valence-corrected chi connectivity index (χ4v) is 1.74. The molecule has 1 aromatic carbocycles. The summed E-state index contributed by atoms with van der Waals surface area (Å²) in [5.41, 5.74) is 0.898. The van der Waals surface area contributed by atoms with Crippen LogP contribution in [0.25, 0.3) is 0 Å². The first-order valence-corrected chi connectivity index (χ1v) is 5.94. The van der Waals surface area contributed by atoms with Gasteiger partial charge in [-0.2, -0.15) is 10.1 Å². The highest BCUT2D eigenvalue weighted by molar-refractivity contribution is 6.23. The summed E-state index contributed by atoms with van der Waals surface area (Å²) < 4.78 is 9.66. The van der Waals surface area contributed by atoms with Crippen LogP contribution in [0.2, 0.25) is 0 Å². The second-order valence-corrected chi connectivity index (χ2v) is 3.84. The van der Waals surface area contributed by atoms with E-state index in [4.69, 9.17) is 9.47 Å². The van der Waals surface area contributed by atoms with Crippen LogP contribution in [0.1, 0.15) is 18.5 Å². The Morgan fingerprint density at radius 1 is 1.53 bits per heavy atom. The smallest absolute Gasteiger partial charge is 0.431 e. The first-order valence-electron chi connectivity index (χ1n) is 5.94. The van der Waals surface area contributed by atoms with Gasteiger partial charge in [0, 0.05) is 0 Å². The van der Waals surface area contributed by atoms with E-state index in [1.165, 1.54) is 0 Å². The molecular weight excluding hydrogens is 248 g/mol. The van der Waals surface area contributed by atoms with Crippen molar-refractivity contribution < 1.29 is 19.1 Å². The number of hydrogen-bond acceptors (Lipinski definition) is 5. The number of rotatable bonds is 4. The Hall–Kier alpha value is -2.37. The molecule has 6 nitrogen and oxygen atoms in total. The maximum absolute atomic E-state index is 11.6. The lowest BCUT2D eigenvalue weighted by atomic mass is 10.1. The van der Waals surface area contributed by atoms with E-state index < -0.39 is 12.1 Å². The normalized spacial score (nSPS) is 18.7. The summed E-state index contributed by atoms with van der Waals surface area (Å²) in [4.78, 5) is 22.8. The molecule has 1 heterocycles. The third-order valence-electron chi connectivity index (χ3n) is 2.61. The summed E-state index contributed by atoms with van der Waals surface area (Å²) in [6, 6.07) is 9.04. The second-order valence-electron chi connectivity index (χ2n) is 3.84. The summed E-state index contributed by atoms with van der Waals surface area (Å²) in [6.07, 6.45) is 0.404. The van der Waals surface area contributed by atoms with Crippen molar-refractivity contribution >= 4 is 18.3 Å². The zero-order chi connectivity index (χ0) is 13.7. The SMILES string of the molecule is CCOC(=O)/C=N/N1C(=O)OC[C@@H]1c1ccccc1. The van der Waals surface area contributed by atoms with E-state index in [0.717, 1.165) is 16.8 Å². The lowest BCUT2D eigenvalue weighted by molar-refractivity contribution is -0.134. The molecule has 0 bridgehead atoms. The fourth-order valence-electron chi connectivity index (χ4n) is 1.74. The van der Waals surface area contributed by atoms with Gasteiger partial charge in [-0.25, -0.2) is 9.59 Å². The predicted molar refractivity (Wildman–Crippen MR) is 67.5 cm³/mol. The van der Waals surface area contributed by atoms with Crippen molar-refractivity contribution in [2.75, 3.05) is 13.2 Å². The molecule has 1 amide bonds. The molecule has 1 aromatic rings. The largest absolute Gasteiger partial charge is 0.462 e. The first kappa shape index (κ1) is 13.1. The van der Waals surface area contributed by atoms with Gasteiger partial charge in [0.15, 0.2) is 0 Å². The zero-order valence-electron chi connectivity index (χ0n) is 10.5. The van der Waals surface area contributed by atoms with Gasteiger partial charge < -0.3 is 9.47 Å². The van der Waals surface area contributed by atoms with Gasteiger partial charge in [0.2, 0.25) is 0 Å². The van der Waals surface area contributed by atoms with E-state index in [-0.39, 0.29) is 19.3 Å². The molecule has 1 aliphatic rings. The molecule has 0 aromatic heterocycles. The summed E-state index contributed by atoms with van der Waals surface area (Å²) in [6.45, 7) is 2.17. The van der Waals surface area contributed by atoms with Crippen LogP contribution < -0.4 is 0 Å².